The second kappa shape index (κ2) is 5.80. The Morgan fingerprint density at radius 2 is 2.40 bits per heavy atom. The predicted octanol–water partition coefficient (Wildman–Crippen LogP) is 0.398. The number of ether oxygens (including phenoxy) is 2. The molecule has 4 heteroatoms. The van der Waals surface area contributed by atoms with Gasteiger partial charge in [-0.05, 0) is 12.8 Å². The van der Waals surface area contributed by atoms with Gasteiger partial charge < -0.3 is 19.9 Å². The summed E-state index contributed by atoms with van der Waals surface area (Å²) in [5.41, 5.74) is -0.688. The van der Waals surface area contributed by atoms with Gasteiger partial charge in [0.25, 0.3) is 0 Å². The van der Waals surface area contributed by atoms with E-state index in [0.29, 0.717) is 19.1 Å². The number of hydrogen-bond donors (Lipinski definition) is 2. The molecule has 0 aromatic heterocycles. The fraction of sp³-hybridized carbons (Fsp3) is 1.00. The van der Waals surface area contributed by atoms with E-state index < -0.39 is 5.60 Å². The van der Waals surface area contributed by atoms with Crippen molar-refractivity contribution < 1.29 is 14.6 Å². The number of nitrogens with one attached hydrogen (secondary N) is 1. The molecule has 15 heavy (non-hydrogen) atoms. The zero-order valence-corrected chi connectivity index (χ0v) is 9.95. The molecule has 0 aromatic carbocycles. The summed E-state index contributed by atoms with van der Waals surface area (Å²) in [6.45, 7) is 6.91. The van der Waals surface area contributed by atoms with Gasteiger partial charge in [0.1, 0.15) is 5.60 Å². The van der Waals surface area contributed by atoms with Crippen LogP contribution in [0.25, 0.3) is 0 Å². The molecular weight excluding hydrogens is 194 g/mol. The first kappa shape index (κ1) is 12.9. The molecule has 0 saturated carbocycles. The van der Waals surface area contributed by atoms with Gasteiger partial charge in [-0.2, -0.15) is 0 Å². The number of rotatable bonds is 6. The first-order valence-corrected chi connectivity index (χ1v) is 5.62. The maximum Gasteiger partial charge on any atom is 0.105 e. The Kier molecular flexibility index (Phi) is 4.99. The highest BCUT2D eigenvalue weighted by atomic mass is 16.5. The van der Waals surface area contributed by atoms with Gasteiger partial charge in [-0.1, -0.05) is 6.92 Å². The molecule has 1 fully saturated rings. The lowest BCUT2D eigenvalue weighted by atomic mass is 9.96. The van der Waals surface area contributed by atoms with Crippen LogP contribution in [0.3, 0.4) is 0 Å². The van der Waals surface area contributed by atoms with Crippen LogP contribution in [0.2, 0.25) is 0 Å². The summed E-state index contributed by atoms with van der Waals surface area (Å²) in [4.78, 5) is 0. The van der Waals surface area contributed by atoms with Gasteiger partial charge in [0, 0.05) is 39.8 Å². The van der Waals surface area contributed by atoms with Crippen molar-refractivity contribution in [3.63, 3.8) is 0 Å². The Balaban J connectivity index is 2.19. The molecule has 2 N–H and O–H groups in total. The second-order valence-electron chi connectivity index (χ2n) is 4.56. The summed E-state index contributed by atoms with van der Waals surface area (Å²) < 4.78 is 10.4. The van der Waals surface area contributed by atoms with E-state index in [2.05, 4.69) is 12.2 Å². The van der Waals surface area contributed by atoms with Gasteiger partial charge in [-0.15, -0.1) is 0 Å². The third-order valence-electron chi connectivity index (χ3n) is 3.03. The molecule has 0 bridgehead atoms. The first-order chi connectivity index (χ1) is 7.08. The Bertz CT molecular complexity index is 189. The molecule has 0 aliphatic carbocycles. The van der Waals surface area contributed by atoms with Gasteiger partial charge in [0.15, 0.2) is 0 Å². The molecule has 1 heterocycles. The minimum Gasteiger partial charge on any atom is -0.386 e. The Morgan fingerprint density at radius 1 is 1.67 bits per heavy atom. The van der Waals surface area contributed by atoms with Crippen molar-refractivity contribution in [1.82, 2.24) is 5.32 Å². The van der Waals surface area contributed by atoms with E-state index in [4.69, 9.17) is 9.47 Å². The van der Waals surface area contributed by atoms with Crippen LogP contribution in [0.1, 0.15) is 20.3 Å². The van der Waals surface area contributed by atoms with Crippen LogP contribution >= 0.6 is 0 Å². The van der Waals surface area contributed by atoms with Crippen LogP contribution in [-0.4, -0.2) is 50.2 Å². The number of methoxy groups -OCH3 is 1. The average molecular weight is 217 g/mol. The smallest absolute Gasteiger partial charge is 0.105 e. The maximum absolute atomic E-state index is 10.2. The standard InChI is InChI=1S/C11H23NO3/c1-9(7-14-3)6-12-8-11(13)4-5-15-10(11)2/h9-10,12-13H,4-8H2,1-3H3. The van der Waals surface area contributed by atoms with Crippen molar-refractivity contribution in [3.8, 4) is 0 Å². The average Bonchev–Trinajstić information content (AvgIpc) is 2.48. The van der Waals surface area contributed by atoms with Crippen LogP contribution in [0.15, 0.2) is 0 Å². The molecule has 1 rings (SSSR count). The van der Waals surface area contributed by atoms with Crippen molar-refractivity contribution in [3.05, 3.63) is 0 Å². The Hall–Kier alpha value is -0.160. The lowest BCUT2D eigenvalue weighted by molar-refractivity contribution is -0.0267. The summed E-state index contributed by atoms with van der Waals surface area (Å²) in [5.74, 6) is 0.469. The molecule has 3 unspecified atom stereocenters. The zero-order chi connectivity index (χ0) is 11.3. The summed E-state index contributed by atoms with van der Waals surface area (Å²) >= 11 is 0. The molecule has 1 aliphatic rings. The van der Waals surface area contributed by atoms with Crippen molar-refractivity contribution in [2.24, 2.45) is 5.92 Å². The monoisotopic (exact) mass is 217 g/mol. The predicted molar refractivity (Wildman–Crippen MR) is 58.9 cm³/mol. The molecule has 1 aliphatic heterocycles. The largest absolute Gasteiger partial charge is 0.386 e. The van der Waals surface area contributed by atoms with E-state index in [9.17, 15) is 5.11 Å². The van der Waals surface area contributed by atoms with Crippen LogP contribution in [0.5, 0.6) is 0 Å². The third kappa shape index (κ3) is 3.72. The zero-order valence-electron chi connectivity index (χ0n) is 9.95. The molecule has 3 atom stereocenters. The highest BCUT2D eigenvalue weighted by Crippen LogP contribution is 2.24. The van der Waals surface area contributed by atoms with E-state index in [1.54, 1.807) is 7.11 Å². The normalized spacial score (nSPS) is 33.2. The highest BCUT2D eigenvalue weighted by molar-refractivity contribution is 4.91. The van der Waals surface area contributed by atoms with Crippen molar-refractivity contribution in [1.29, 1.82) is 0 Å². The summed E-state index contributed by atoms with van der Waals surface area (Å²) in [6, 6.07) is 0. The molecule has 90 valence electrons. The second-order valence-corrected chi connectivity index (χ2v) is 4.56. The molecule has 4 nitrogen and oxygen atoms in total. The molecule has 0 amide bonds. The van der Waals surface area contributed by atoms with Crippen LogP contribution < -0.4 is 5.32 Å². The Labute approximate surface area is 92.0 Å². The quantitative estimate of drug-likeness (QED) is 0.676. The third-order valence-corrected chi connectivity index (χ3v) is 3.03. The fourth-order valence-corrected chi connectivity index (χ4v) is 1.88. The molecule has 0 aromatic rings. The minimum atomic E-state index is -0.688. The van der Waals surface area contributed by atoms with Crippen LogP contribution in [-0.2, 0) is 9.47 Å². The minimum absolute atomic E-state index is 0.0669. The van der Waals surface area contributed by atoms with Crippen LogP contribution in [0, 0.1) is 5.92 Å². The van der Waals surface area contributed by atoms with Crippen molar-refractivity contribution in [2.45, 2.75) is 32.0 Å². The lowest BCUT2D eigenvalue weighted by Crippen LogP contribution is -2.46. The topological polar surface area (TPSA) is 50.7 Å². The maximum atomic E-state index is 10.2. The Morgan fingerprint density at radius 3 is 2.93 bits per heavy atom. The van der Waals surface area contributed by atoms with E-state index in [1.165, 1.54) is 0 Å². The molecular formula is C11H23NO3. The van der Waals surface area contributed by atoms with Gasteiger partial charge in [0.05, 0.1) is 6.10 Å². The van der Waals surface area contributed by atoms with Gasteiger partial charge in [-0.25, -0.2) is 0 Å². The highest BCUT2D eigenvalue weighted by Gasteiger charge is 2.38. The van der Waals surface area contributed by atoms with Gasteiger partial charge >= 0.3 is 0 Å². The van der Waals surface area contributed by atoms with Crippen molar-refractivity contribution >= 4 is 0 Å². The van der Waals surface area contributed by atoms with Gasteiger partial charge in [0.2, 0.25) is 0 Å². The SMILES string of the molecule is COCC(C)CNCC1(O)CCOC1C. The van der Waals surface area contributed by atoms with E-state index >= 15 is 0 Å². The first-order valence-electron chi connectivity index (χ1n) is 5.62. The van der Waals surface area contributed by atoms with Crippen molar-refractivity contribution in [2.75, 3.05) is 33.4 Å². The van der Waals surface area contributed by atoms with E-state index in [0.717, 1.165) is 19.6 Å². The molecule has 0 spiro atoms. The lowest BCUT2D eigenvalue weighted by Gasteiger charge is -2.27. The fourth-order valence-electron chi connectivity index (χ4n) is 1.88. The molecule has 1 saturated heterocycles. The summed E-state index contributed by atoms with van der Waals surface area (Å²) in [5, 5.41) is 13.5. The van der Waals surface area contributed by atoms with E-state index in [1.807, 2.05) is 6.92 Å². The summed E-state index contributed by atoms with van der Waals surface area (Å²) in [7, 11) is 1.71. The van der Waals surface area contributed by atoms with E-state index in [-0.39, 0.29) is 6.10 Å². The van der Waals surface area contributed by atoms with Gasteiger partial charge in [-0.3, -0.25) is 0 Å². The molecule has 0 radical (unpaired) electrons. The number of hydrogen-bond acceptors (Lipinski definition) is 4. The summed E-state index contributed by atoms with van der Waals surface area (Å²) in [6.07, 6.45) is 0.655. The van der Waals surface area contributed by atoms with Crippen LogP contribution in [0.4, 0.5) is 0 Å². The number of aliphatic hydroxyl groups is 1.